The van der Waals surface area contributed by atoms with Crippen molar-refractivity contribution < 1.29 is 26.7 Å². The number of hydrogen-bond acceptors (Lipinski definition) is 4. The molecule has 0 spiro atoms. The van der Waals surface area contributed by atoms with Crippen molar-refractivity contribution in [3.05, 3.63) is 53.6 Å². The van der Waals surface area contributed by atoms with Crippen LogP contribution in [0.3, 0.4) is 0 Å². The number of hydrogen-bond donors (Lipinski definition) is 1. The van der Waals surface area contributed by atoms with Gasteiger partial charge in [0.1, 0.15) is 10.6 Å². The summed E-state index contributed by atoms with van der Waals surface area (Å²) in [5, 5.41) is 2.43. The lowest BCUT2D eigenvalue weighted by atomic mass is 10.2. The van der Waals surface area contributed by atoms with Crippen LogP contribution in [0.1, 0.15) is 29.6 Å². The van der Waals surface area contributed by atoms with Crippen molar-refractivity contribution in [3.8, 4) is 5.75 Å². The van der Waals surface area contributed by atoms with Gasteiger partial charge in [0.05, 0.1) is 7.11 Å². The minimum atomic E-state index is -3.83. The third-order valence-corrected chi connectivity index (χ3v) is 6.46. The zero-order valence-corrected chi connectivity index (χ0v) is 16.1. The lowest BCUT2D eigenvalue weighted by Crippen LogP contribution is -2.35. The molecule has 28 heavy (non-hydrogen) atoms. The predicted octanol–water partition coefficient (Wildman–Crippen LogP) is 3.40. The number of sulfonamides is 1. The number of nitrogens with zero attached hydrogens (tertiary/aromatic N) is 1. The highest BCUT2D eigenvalue weighted by Crippen LogP contribution is 2.30. The highest BCUT2D eigenvalue weighted by molar-refractivity contribution is 7.89. The summed E-state index contributed by atoms with van der Waals surface area (Å²) < 4.78 is 58.9. The molecular weight excluding hydrogens is 390 g/mol. The Morgan fingerprint density at radius 2 is 1.75 bits per heavy atom. The zero-order valence-electron chi connectivity index (χ0n) is 15.2. The van der Waals surface area contributed by atoms with E-state index in [0.717, 1.165) is 31.4 Å². The number of carbonyl (C=O) groups excluding carboxylic acids is 1. The maximum atomic E-state index is 13.3. The molecule has 0 saturated carbocycles. The normalized spacial score (nSPS) is 15.2. The molecule has 2 aromatic carbocycles. The van der Waals surface area contributed by atoms with Crippen LogP contribution in [-0.4, -0.2) is 38.8 Å². The van der Waals surface area contributed by atoms with Crippen molar-refractivity contribution in [1.82, 2.24) is 4.31 Å². The van der Waals surface area contributed by atoms with E-state index in [1.807, 2.05) is 0 Å². The van der Waals surface area contributed by atoms with Gasteiger partial charge in [-0.05, 0) is 43.2 Å². The predicted molar refractivity (Wildman–Crippen MR) is 99.9 cm³/mol. The van der Waals surface area contributed by atoms with Crippen LogP contribution < -0.4 is 10.1 Å². The van der Waals surface area contributed by atoms with Crippen LogP contribution in [0, 0.1) is 11.6 Å². The summed E-state index contributed by atoms with van der Waals surface area (Å²) in [5.41, 5.74) is 0.112. The molecule has 3 rings (SSSR count). The van der Waals surface area contributed by atoms with Gasteiger partial charge >= 0.3 is 0 Å². The number of ether oxygens (including phenoxy) is 1. The Morgan fingerprint density at radius 1 is 1.04 bits per heavy atom. The fourth-order valence-electron chi connectivity index (χ4n) is 3.04. The molecule has 0 bridgehead atoms. The molecule has 1 heterocycles. The first-order chi connectivity index (χ1) is 13.3. The lowest BCUT2D eigenvalue weighted by molar-refractivity contribution is 0.102. The Bertz CT molecular complexity index is 989. The molecule has 0 aromatic heterocycles. The van der Waals surface area contributed by atoms with Gasteiger partial charge in [-0.25, -0.2) is 17.2 Å². The molecule has 1 amide bonds. The summed E-state index contributed by atoms with van der Waals surface area (Å²) >= 11 is 0. The number of anilines is 1. The number of piperidine rings is 1. The van der Waals surface area contributed by atoms with Crippen LogP contribution in [0.15, 0.2) is 41.3 Å². The summed E-state index contributed by atoms with van der Waals surface area (Å²) in [4.78, 5) is 12.4. The number of carbonyl (C=O) groups is 1. The number of nitrogens with one attached hydrogen (secondary N) is 1. The van der Waals surface area contributed by atoms with Gasteiger partial charge in [0.15, 0.2) is 11.6 Å². The van der Waals surface area contributed by atoms with E-state index in [0.29, 0.717) is 13.1 Å². The van der Waals surface area contributed by atoms with Crippen molar-refractivity contribution in [2.75, 3.05) is 25.5 Å². The first-order valence-electron chi connectivity index (χ1n) is 8.77. The SMILES string of the molecule is COc1ccc(C(=O)Nc2ccc(F)c(F)c2)cc1S(=O)(=O)N1CCCCC1. The van der Waals surface area contributed by atoms with Crippen LogP contribution >= 0.6 is 0 Å². The van der Waals surface area contributed by atoms with Gasteiger partial charge in [-0.1, -0.05) is 6.42 Å². The molecule has 0 atom stereocenters. The summed E-state index contributed by atoms with van der Waals surface area (Å²) in [6, 6.07) is 7.00. The standard InChI is InChI=1S/C19H20F2N2O4S/c1-27-17-8-5-13(19(24)22-14-6-7-15(20)16(21)12-14)11-18(17)28(25,26)23-9-3-2-4-10-23/h5-8,11-12H,2-4,9-10H2,1H3,(H,22,24). The van der Waals surface area contributed by atoms with E-state index in [-0.39, 0.29) is 21.9 Å². The fourth-order valence-corrected chi connectivity index (χ4v) is 4.74. The van der Waals surface area contributed by atoms with Gasteiger partial charge < -0.3 is 10.1 Å². The Balaban J connectivity index is 1.91. The van der Waals surface area contributed by atoms with Gasteiger partial charge in [0.2, 0.25) is 10.0 Å². The summed E-state index contributed by atoms with van der Waals surface area (Å²) in [7, 11) is -2.47. The molecule has 1 N–H and O–H groups in total. The second-order valence-electron chi connectivity index (χ2n) is 6.41. The van der Waals surface area contributed by atoms with E-state index >= 15 is 0 Å². The molecule has 1 saturated heterocycles. The van der Waals surface area contributed by atoms with Crippen LogP contribution in [-0.2, 0) is 10.0 Å². The Hall–Kier alpha value is -2.52. The molecule has 1 aliphatic heterocycles. The average molecular weight is 410 g/mol. The molecule has 1 fully saturated rings. The third-order valence-electron chi connectivity index (χ3n) is 4.54. The number of amides is 1. The number of rotatable bonds is 5. The molecule has 0 aliphatic carbocycles. The number of halogens is 2. The van der Waals surface area contributed by atoms with Crippen molar-refractivity contribution in [1.29, 1.82) is 0 Å². The second kappa shape index (κ2) is 8.24. The highest BCUT2D eigenvalue weighted by Gasteiger charge is 2.29. The van der Waals surface area contributed by atoms with E-state index in [1.165, 1.54) is 35.7 Å². The van der Waals surface area contributed by atoms with Crippen molar-refractivity contribution in [2.45, 2.75) is 24.2 Å². The van der Waals surface area contributed by atoms with Crippen LogP contribution in [0.25, 0.3) is 0 Å². The Labute approximate surface area is 162 Å². The van der Waals surface area contributed by atoms with E-state index < -0.39 is 27.6 Å². The molecule has 9 heteroatoms. The van der Waals surface area contributed by atoms with Gasteiger partial charge in [0, 0.05) is 30.4 Å². The third kappa shape index (κ3) is 4.15. The van der Waals surface area contributed by atoms with Crippen molar-refractivity contribution >= 4 is 21.6 Å². The van der Waals surface area contributed by atoms with Crippen molar-refractivity contribution in [2.24, 2.45) is 0 Å². The minimum absolute atomic E-state index is 0.0557. The average Bonchev–Trinajstić information content (AvgIpc) is 2.71. The second-order valence-corrected chi connectivity index (χ2v) is 8.32. The molecular formula is C19H20F2N2O4S. The number of methoxy groups -OCH3 is 1. The molecule has 0 unspecified atom stereocenters. The molecule has 2 aromatic rings. The van der Waals surface area contributed by atoms with Gasteiger partial charge in [-0.15, -0.1) is 0 Å². The molecule has 150 valence electrons. The minimum Gasteiger partial charge on any atom is -0.495 e. The maximum absolute atomic E-state index is 13.3. The summed E-state index contributed by atoms with van der Waals surface area (Å²) in [6.45, 7) is 0.827. The van der Waals surface area contributed by atoms with Gasteiger partial charge in [0.25, 0.3) is 5.91 Å². The largest absolute Gasteiger partial charge is 0.495 e. The summed E-state index contributed by atoms with van der Waals surface area (Å²) in [6.07, 6.45) is 2.52. The zero-order chi connectivity index (χ0) is 20.3. The van der Waals surface area contributed by atoms with Crippen LogP contribution in [0.5, 0.6) is 5.75 Å². The fraction of sp³-hybridized carbons (Fsp3) is 0.316. The monoisotopic (exact) mass is 410 g/mol. The highest BCUT2D eigenvalue weighted by atomic mass is 32.2. The van der Waals surface area contributed by atoms with Gasteiger partial charge in [-0.2, -0.15) is 4.31 Å². The van der Waals surface area contributed by atoms with Crippen LogP contribution in [0.4, 0.5) is 14.5 Å². The van der Waals surface area contributed by atoms with E-state index in [4.69, 9.17) is 4.74 Å². The maximum Gasteiger partial charge on any atom is 0.255 e. The van der Waals surface area contributed by atoms with Crippen LogP contribution in [0.2, 0.25) is 0 Å². The number of benzene rings is 2. The quantitative estimate of drug-likeness (QED) is 0.820. The van der Waals surface area contributed by atoms with Crippen molar-refractivity contribution in [3.63, 3.8) is 0 Å². The summed E-state index contributed by atoms with van der Waals surface area (Å²) in [5.74, 6) is -2.64. The topological polar surface area (TPSA) is 75.7 Å². The van der Waals surface area contributed by atoms with E-state index in [9.17, 15) is 22.0 Å². The molecule has 6 nitrogen and oxygen atoms in total. The first-order valence-corrected chi connectivity index (χ1v) is 10.2. The lowest BCUT2D eigenvalue weighted by Gasteiger charge is -2.26. The van der Waals surface area contributed by atoms with E-state index in [2.05, 4.69) is 5.32 Å². The first kappa shape index (κ1) is 20.2. The molecule has 0 radical (unpaired) electrons. The molecule has 1 aliphatic rings. The Kier molecular flexibility index (Phi) is 5.95. The smallest absolute Gasteiger partial charge is 0.255 e. The van der Waals surface area contributed by atoms with E-state index in [1.54, 1.807) is 0 Å². The van der Waals surface area contributed by atoms with Gasteiger partial charge in [-0.3, -0.25) is 4.79 Å². The Morgan fingerprint density at radius 3 is 2.39 bits per heavy atom.